The van der Waals surface area contributed by atoms with Crippen LogP contribution in [-0.4, -0.2) is 17.9 Å². The molecule has 1 aliphatic rings. The number of rotatable bonds is 3. The SMILES string of the molecule is C[C@@H]1CCO[P@](=O)(SC(=Nc2ccccc2)Nc2ccccc2)O1. The van der Waals surface area contributed by atoms with Crippen molar-refractivity contribution < 1.29 is 13.6 Å². The first kappa shape index (κ1) is 17.2. The molecule has 24 heavy (non-hydrogen) atoms. The molecule has 126 valence electrons. The average molecular weight is 362 g/mol. The molecule has 2 atom stereocenters. The molecule has 1 fully saturated rings. The van der Waals surface area contributed by atoms with Gasteiger partial charge in [0, 0.05) is 17.1 Å². The van der Waals surface area contributed by atoms with Gasteiger partial charge in [0.2, 0.25) is 0 Å². The smallest absolute Gasteiger partial charge is 0.334 e. The topological polar surface area (TPSA) is 59.9 Å². The minimum atomic E-state index is -3.28. The molecule has 3 rings (SSSR count). The van der Waals surface area contributed by atoms with Gasteiger partial charge in [-0.05, 0) is 37.6 Å². The highest BCUT2D eigenvalue weighted by atomic mass is 32.7. The molecule has 0 radical (unpaired) electrons. The first-order valence-corrected chi connectivity index (χ1v) is 10.7. The second-order valence-corrected chi connectivity index (χ2v) is 9.14. The van der Waals surface area contributed by atoms with E-state index in [1.54, 1.807) is 0 Å². The molecular formula is C17H19N2O3PS. The quantitative estimate of drug-likeness (QED) is 0.447. The van der Waals surface area contributed by atoms with Crippen molar-refractivity contribution in [3.05, 3.63) is 60.7 Å². The maximum absolute atomic E-state index is 12.8. The summed E-state index contributed by atoms with van der Waals surface area (Å²) in [6, 6.07) is 19.1. The van der Waals surface area contributed by atoms with Gasteiger partial charge in [0.05, 0.1) is 18.4 Å². The number of nitrogens with zero attached hydrogens (tertiary/aromatic N) is 1. The van der Waals surface area contributed by atoms with Gasteiger partial charge in [0.15, 0.2) is 5.17 Å². The van der Waals surface area contributed by atoms with Crippen LogP contribution in [0.3, 0.4) is 0 Å². The van der Waals surface area contributed by atoms with Crippen LogP contribution in [0.15, 0.2) is 65.7 Å². The molecule has 1 saturated heterocycles. The van der Waals surface area contributed by atoms with Gasteiger partial charge in [-0.15, -0.1) is 0 Å². The molecule has 1 heterocycles. The lowest BCUT2D eigenvalue weighted by Crippen LogP contribution is -2.17. The number of nitrogens with one attached hydrogen (secondary N) is 1. The highest BCUT2D eigenvalue weighted by Gasteiger charge is 2.34. The van der Waals surface area contributed by atoms with Crippen LogP contribution in [0.4, 0.5) is 11.4 Å². The van der Waals surface area contributed by atoms with E-state index in [2.05, 4.69) is 10.3 Å². The van der Waals surface area contributed by atoms with E-state index in [0.29, 0.717) is 11.8 Å². The van der Waals surface area contributed by atoms with Crippen LogP contribution >= 0.6 is 18.2 Å². The number of aliphatic imine (C=N–C) groups is 1. The zero-order chi connectivity index (χ0) is 16.8. The van der Waals surface area contributed by atoms with Gasteiger partial charge < -0.3 is 9.84 Å². The van der Waals surface area contributed by atoms with Gasteiger partial charge in [-0.2, -0.15) is 0 Å². The summed E-state index contributed by atoms with van der Waals surface area (Å²) in [6.45, 7) is -0.953. The summed E-state index contributed by atoms with van der Waals surface area (Å²) in [5.41, 5.74) is 1.62. The van der Waals surface area contributed by atoms with E-state index >= 15 is 0 Å². The van der Waals surface area contributed by atoms with Crippen LogP contribution < -0.4 is 5.32 Å². The number of hydrogen-bond donors (Lipinski definition) is 1. The van der Waals surface area contributed by atoms with Gasteiger partial charge >= 0.3 is 6.80 Å². The summed E-state index contributed by atoms with van der Waals surface area (Å²) >= 11 is 1.01. The Morgan fingerprint density at radius 2 is 1.83 bits per heavy atom. The monoisotopic (exact) mass is 362 g/mol. The van der Waals surface area contributed by atoms with E-state index in [4.69, 9.17) is 9.05 Å². The van der Waals surface area contributed by atoms with Crippen LogP contribution in [0.5, 0.6) is 0 Å². The summed E-state index contributed by atoms with van der Waals surface area (Å²) in [4.78, 5) is 4.55. The number of hydrogen-bond acceptors (Lipinski definition) is 5. The summed E-state index contributed by atoms with van der Waals surface area (Å²) in [5.74, 6) is 0. The lowest BCUT2D eigenvalue weighted by Gasteiger charge is -2.27. The van der Waals surface area contributed by atoms with E-state index in [1.807, 2.05) is 67.6 Å². The summed E-state index contributed by atoms with van der Waals surface area (Å²) in [5, 5.41) is 3.67. The van der Waals surface area contributed by atoms with E-state index in [9.17, 15) is 4.57 Å². The highest BCUT2D eigenvalue weighted by molar-refractivity contribution is 8.62. The predicted octanol–water partition coefficient (Wildman–Crippen LogP) is 5.45. The van der Waals surface area contributed by atoms with Crippen molar-refractivity contribution in [2.45, 2.75) is 19.4 Å². The summed E-state index contributed by atoms with van der Waals surface area (Å²) in [7, 11) is 0. The fraction of sp³-hybridized carbons (Fsp3) is 0.235. The van der Waals surface area contributed by atoms with Gasteiger partial charge in [0.25, 0.3) is 0 Å². The Kier molecular flexibility index (Phi) is 5.74. The molecular weight excluding hydrogens is 343 g/mol. The standard InChI is InChI=1S/C17H19N2O3PS/c1-14-12-13-21-23(20,22-14)24-17(18-15-8-4-2-5-9-15)19-16-10-6-3-7-11-16/h2-11,14H,12-13H2,1H3,(H,18,19)/t14-,23+/m1/s1. The molecule has 1 N–H and O–H groups in total. The molecule has 2 aromatic carbocycles. The Hall–Kier alpha value is -1.59. The van der Waals surface area contributed by atoms with E-state index < -0.39 is 6.80 Å². The molecule has 0 unspecified atom stereocenters. The summed E-state index contributed by atoms with van der Waals surface area (Å²) < 4.78 is 23.8. The van der Waals surface area contributed by atoms with Crippen molar-refractivity contribution in [3.63, 3.8) is 0 Å². The minimum Gasteiger partial charge on any atom is -0.334 e. The molecule has 0 aromatic heterocycles. The molecule has 0 spiro atoms. The second-order valence-electron chi connectivity index (χ2n) is 5.32. The minimum absolute atomic E-state index is 0.0909. The zero-order valence-electron chi connectivity index (χ0n) is 13.3. The molecule has 7 heteroatoms. The first-order chi connectivity index (χ1) is 11.6. The van der Waals surface area contributed by atoms with Crippen molar-refractivity contribution in [3.8, 4) is 0 Å². The van der Waals surface area contributed by atoms with Crippen molar-refractivity contribution in [1.82, 2.24) is 0 Å². The maximum atomic E-state index is 12.8. The Balaban J connectivity index is 1.84. The third kappa shape index (κ3) is 4.95. The maximum Gasteiger partial charge on any atom is 0.397 e. The molecule has 0 aliphatic carbocycles. The Bertz CT molecular complexity index is 740. The molecule has 0 amide bonds. The van der Waals surface area contributed by atoms with Gasteiger partial charge in [0.1, 0.15) is 0 Å². The van der Waals surface area contributed by atoms with Gasteiger partial charge in [-0.1, -0.05) is 36.4 Å². The Morgan fingerprint density at radius 3 is 2.50 bits per heavy atom. The van der Waals surface area contributed by atoms with E-state index in [-0.39, 0.29) is 6.10 Å². The average Bonchev–Trinajstić information content (AvgIpc) is 2.56. The van der Waals surface area contributed by atoms with Crippen LogP contribution in [0, 0.1) is 0 Å². The highest BCUT2D eigenvalue weighted by Crippen LogP contribution is 2.63. The largest absolute Gasteiger partial charge is 0.397 e. The predicted molar refractivity (Wildman–Crippen MR) is 99.9 cm³/mol. The van der Waals surface area contributed by atoms with Crippen LogP contribution in [0.1, 0.15) is 13.3 Å². The van der Waals surface area contributed by atoms with Gasteiger partial charge in [-0.3, -0.25) is 4.52 Å². The molecule has 2 aromatic rings. The summed E-state index contributed by atoms with van der Waals surface area (Å²) in [6.07, 6.45) is 0.647. The number of para-hydroxylation sites is 2. The molecule has 0 saturated carbocycles. The van der Waals surface area contributed by atoms with E-state index in [1.165, 1.54) is 0 Å². The molecule has 5 nitrogen and oxygen atoms in total. The third-order valence-electron chi connectivity index (χ3n) is 3.29. The van der Waals surface area contributed by atoms with E-state index in [0.717, 1.165) is 29.2 Å². The second kappa shape index (κ2) is 7.99. The number of amidine groups is 1. The van der Waals surface area contributed by atoms with Crippen molar-refractivity contribution in [1.29, 1.82) is 0 Å². The fourth-order valence-corrected chi connectivity index (χ4v) is 5.52. The van der Waals surface area contributed by atoms with Crippen LogP contribution in [0.25, 0.3) is 0 Å². The van der Waals surface area contributed by atoms with Crippen molar-refractivity contribution in [2.75, 3.05) is 11.9 Å². The van der Waals surface area contributed by atoms with Crippen LogP contribution in [0.2, 0.25) is 0 Å². The number of benzene rings is 2. The molecule has 1 aliphatic heterocycles. The Labute approximate surface area is 145 Å². The van der Waals surface area contributed by atoms with Crippen LogP contribution in [-0.2, 0) is 13.6 Å². The fourth-order valence-electron chi connectivity index (χ4n) is 2.12. The van der Waals surface area contributed by atoms with Crippen molar-refractivity contribution in [2.24, 2.45) is 4.99 Å². The lowest BCUT2D eigenvalue weighted by molar-refractivity contribution is 0.104. The van der Waals surface area contributed by atoms with Crippen molar-refractivity contribution >= 4 is 34.7 Å². The third-order valence-corrected chi connectivity index (χ3v) is 6.76. The number of anilines is 1. The van der Waals surface area contributed by atoms with Gasteiger partial charge in [-0.25, -0.2) is 9.56 Å². The lowest BCUT2D eigenvalue weighted by atomic mass is 10.3. The molecule has 0 bridgehead atoms. The Morgan fingerprint density at radius 1 is 1.17 bits per heavy atom. The zero-order valence-corrected chi connectivity index (χ0v) is 15.0. The normalized spacial score (nSPS) is 24.5. The first-order valence-electron chi connectivity index (χ1n) is 7.71.